The molecule has 1 atom stereocenters. The Morgan fingerprint density at radius 1 is 1.35 bits per heavy atom. The van der Waals surface area contributed by atoms with E-state index in [1.165, 1.54) is 0 Å². The van der Waals surface area contributed by atoms with Gasteiger partial charge in [0, 0.05) is 38.5 Å². The van der Waals surface area contributed by atoms with Crippen molar-refractivity contribution in [3.8, 4) is 0 Å². The summed E-state index contributed by atoms with van der Waals surface area (Å²) in [6.07, 6.45) is 4.06. The Balaban J connectivity index is 2.06. The molecule has 0 bridgehead atoms. The largest absolute Gasteiger partial charge is 0.356 e. The first-order valence-electron chi connectivity index (χ1n) is 7.69. The number of hydrogen-bond donors (Lipinski definition) is 2. The molecule has 0 heterocycles. The van der Waals surface area contributed by atoms with Crippen LogP contribution in [0.15, 0.2) is 0 Å². The van der Waals surface area contributed by atoms with Crippen LogP contribution < -0.4 is 11.1 Å². The summed E-state index contributed by atoms with van der Waals surface area (Å²) in [6, 6.07) is 0.142. The van der Waals surface area contributed by atoms with Crippen LogP contribution in [0, 0.1) is 11.8 Å². The lowest BCUT2D eigenvalue weighted by atomic mass is 10.0. The van der Waals surface area contributed by atoms with Crippen LogP contribution in [-0.2, 0) is 9.59 Å². The van der Waals surface area contributed by atoms with Crippen LogP contribution in [0.25, 0.3) is 0 Å². The molecule has 0 aromatic rings. The van der Waals surface area contributed by atoms with Gasteiger partial charge in [-0.3, -0.25) is 9.59 Å². The van der Waals surface area contributed by atoms with Gasteiger partial charge in [-0.05, 0) is 31.6 Å². The van der Waals surface area contributed by atoms with E-state index in [9.17, 15) is 9.59 Å². The molecule has 0 aromatic heterocycles. The van der Waals surface area contributed by atoms with Crippen LogP contribution in [0.1, 0.15) is 46.0 Å². The van der Waals surface area contributed by atoms with E-state index in [2.05, 4.69) is 19.2 Å². The van der Waals surface area contributed by atoms with E-state index >= 15 is 0 Å². The number of nitrogens with one attached hydrogen (secondary N) is 1. The van der Waals surface area contributed by atoms with Crippen molar-refractivity contribution in [3.05, 3.63) is 0 Å². The summed E-state index contributed by atoms with van der Waals surface area (Å²) >= 11 is 0. The minimum Gasteiger partial charge on any atom is -0.356 e. The second-order valence-electron chi connectivity index (χ2n) is 6.18. The Morgan fingerprint density at radius 2 is 2.00 bits per heavy atom. The number of hydrogen-bond acceptors (Lipinski definition) is 3. The Kier molecular flexibility index (Phi) is 6.99. The minimum atomic E-state index is 0.127. The highest BCUT2D eigenvalue weighted by molar-refractivity contribution is 5.81. The van der Waals surface area contributed by atoms with E-state index in [-0.39, 0.29) is 23.8 Å². The first kappa shape index (κ1) is 17.0. The zero-order chi connectivity index (χ0) is 15.1. The van der Waals surface area contributed by atoms with Crippen molar-refractivity contribution >= 4 is 11.8 Å². The predicted octanol–water partition coefficient (Wildman–Crippen LogP) is 1.12. The zero-order valence-electron chi connectivity index (χ0n) is 13.0. The maximum atomic E-state index is 11.9. The number of nitrogens with zero attached hydrogens (tertiary/aromatic N) is 1. The smallest absolute Gasteiger partial charge is 0.223 e. The number of nitrogens with two attached hydrogens (primary N) is 1. The normalized spacial score (nSPS) is 16.1. The standard InChI is InChI=1S/C15H29N3O2/c1-11(2)13(16)8-10-18(3)14(19)5-4-9-17-15(20)12-6-7-12/h11-13H,4-10,16H2,1-3H3,(H,17,20). The zero-order valence-corrected chi connectivity index (χ0v) is 13.0. The fourth-order valence-corrected chi connectivity index (χ4v) is 1.93. The molecule has 0 aliphatic heterocycles. The summed E-state index contributed by atoms with van der Waals surface area (Å²) in [5, 5.41) is 2.87. The SMILES string of the molecule is CC(C)C(N)CCN(C)C(=O)CCCNC(=O)C1CC1. The van der Waals surface area contributed by atoms with E-state index < -0.39 is 0 Å². The average Bonchev–Trinajstić information content (AvgIpc) is 3.24. The quantitative estimate of drug-likeness (QED) is 0.623. The Labute approximate surface area is 122 Å². The first-order chi connectivity index (χ1) is 9.41. The Morgan fingerprint density at radius 3 is 2.55 bits per heavy atom. The molecule has 116 valence electrons. The van der Waals surface area contributed by atoms with Gasteiger partial charge >= 0.3 is 0 Å². The van der Waals surface area contributed by atoms with Crippen molar-refractivity contribution in [1.29, 1.82) is 0 Å². The predicted molar refractivity (Wildman–Crippen MR) is 80.0 cm³/mol. The van der Waals surface area contributed by atoms with Crippen molar-refractivity contribution < 1.29 is 9.59 Å². The van der Waals surface area contributed by atoms with E-state index in [4.69, 9.17) is 5.73 Å². The molecule has 0 radical (unpaired) electrons. The van der Waals surface area contributed by atoms with E-state index in [1.54, 1.807) is 4.90 Å². The van der Waals surface area contributed by atoms with Crippen molar-refractivity contribution in [2.45, 2.75) is 52.0 Å². The van der Waals surface area contributed by atoms with Gasteiger partial charge in [-0.15, -0.1) is 0 Å². The molecular formula is C15H29N3O2. The highest BCUT2D eigenvalue weighted by Crippen LogP contribution is 2.28. The molecule has 1 fully saturated rings. The molecule has 2 amide bonds. The minimum absolute atomic E-state index is 0.127. The molecule has 1 saturated carbocycles. The highest BCUT2D eigenvalue weighted by atomic mass is 16.2. The van der Waals surface area contributed by atoms with Crippen molar-refractivity contribution in [2.24, 2.45) is 17.6 Å². The fourth-order valence-electron chi connectivity index (χ4n) is 1.93. The van der Waals surface area contributed by atoms with Gasteiger partial charge in [-0.1, -0.05) is 13.8 Å². The van der Waals surface area contributed by atoms with Crippen LogP contribution >= 0.6 is 0 Å². The molecule has 0 aromatic carbocycles. The maximum absolute atomic E-state index is 11.9. The summed E-state index contributed by atoms with van der Waals surface area (Å²) in [5.41, 5.74) is 5.97. The van der Waals surface area contributed by atoms with Gasteiger partial charge in [0.05, 0.1) is 0 Å². The number of rotatable bonds is 9. The molecule has 1 aliphatic rings. The van der Waals surface area contributed by atoms with Crippen molar-refractivity contribution in [2.75, 3.05) is 20.1 Å². The van der Waals surface area contributed by atoms with E-state index in [0.29, 0.717) is 31.8 Å². The third-order valence-corrected chi connectivity index (χ3v) is 3.89. The molecule has 5 nitrogen and oxygen atoms in total. The van der Waals surface area contributed by atoms with Crippen LogP contribution in [-0.4, -0.2) is 42.9 Å². The van der Waals surface area contributed by atoms with Crippen LogP contribution in [0.2, 0.25) is 0 Å². The third kappa shape index (κ3) is 6.37. The molecule has 5 heteroatoms. The van der Waals surface area contributed by atoms with Gasteiger partial charge < -0.3 is 16.0 Å². The van der Waals surface area contributed by atoms with Crippen LogP contribution in [0.5, 0.6) is 0 Å². The van der Waals surface area contributed by atoms with E-state index in [1.807, 2.05) is 7.05 Å². The molecule has 0 spiro atoms. The molecular weight excluding hydrogens is 254 g/mol. The third-order valence-electron chi connectivity index (χ3n) is 3.89. The number of carbonyl (C=O) groups excluding carboxylic acids is 2. The lowest BCUT2D eigenvalue weighted by Gasteiger charge is -2.21. The Bertz CT molecular complexity index is 327. The van der Waals surface area contributed by atoms with Gasteiger partial charge in [0.1, 0.15) is 0 Å². The average molecular weight is 283 g/mol. The second-order valence-corrected chi connectivity index (χ2v) is 6.18. The van der Waals surface area contributed by atoms with Crippen molar-refractivity contribution in [3.63, 3.8) is 0 Å². The van der Waals surface area contributed by atoms with Gasteiger partial charge in [-0.25, -0.2) is 0 Å². The molecule has 0 saturated heterocycles. The van der Waals surface area contributed by atoms with Crippen molar-refractivity contribution in [1.82, 2.24) is 10.2 Å². The summed E-state index contributed by atoms with van der Waals surface area (Å²) in [4.78, 5) is 25.0. The summed E-state index contributed by atoms with van der Waals surface area (Å²) in [5.74, 6) is 0.956. The van der Waals surface area contributed by atoms with Gasteiger partial charge in [0.25, 0.3) is 0 Å². The van der Waals surface area contributed by atoms with Gasteiger partial charge in [0.2, 0.25) is 11.8 Å². The number of carbonyl (C=O) groups is 2. The highest BCUT2D eigenvalue weighted by Gasteiger charge is 2.29. The molecule has 1 rings (SSSR count). The second kappa shape index (κ2) is 8.25. The fraction of sp³-hybridized carbons (Fsp3) is 0.867. The summed E-state index contributed by atoms with van der Waals surface area (Å²) < 4.78 is 0. The topological polar surface area (TPSA) is 75.4 Å². The number of amides is 2. The molecule has 20 heavy (non-hydrogen) atoms. The molecule has 1 unspecified atom stereocenters. The van der Waals surface area contributed by atoms with Gasteiger partial charge in [-0.2, -0.15) is 0 Å². The maximum Gasteiger partial charge on any atom is 0.223 e. The van der Waals surface area contributed by atoms with Gasteiger partial charge in [0.15, 0.2) is 0 Å². The van der Waals surface area contributed by atoms with Crippen LogP contribution in [0.4, 0.5) is 0 Å². The Hall–Kier alpha value is -1.10. The lowest BCUT2D eigenvalue weighted by Crippen LogP contribution is -2.35. The molecule has 1 aliphatic carbocycles. The lowest BCUT2D eigenvalue weighted by molar-refractivity contribution is -0.130. The van der Waals surface area contributed by atoms with Crippen LogP contribution in [0.3, 0.4) is 0 Å². The summed E-state index contributed by atoms with van der Waals surface area (Å²) in [6.45, 7) is 5.48. The van der Waals surface area contributed by atoms with E-state index in [0.717, 1.165) is 19.3 Å². The monoisotopic (exact) mass is 283 g/mol. The first-order valence-corrected chi connectivity index (χ1v) is 7.69. The summed E-state index contributed by atoms with van der Waals surface area (Å²) in [7, 11) is 1.82. The molecule has 3 N–H and O–H groups in total.